The van der Waals surface area contributed by atoms with Crippen molar-refractivity contribution in [2.75, 3.05) is 13.7 Å². The van der Waals surface area contributed by atoms with E-state index in [0.717, 1.165) is 24.9 Å². The summed E-state index contributed by atoms with van der Waals surface area (Å²) >= 11 is 6.18. The fourth-order valence-electron chi connectivity index (χ4n) is 2.54. The molecule has 1 aromatic rings. The molecule has 2 rings (SSSR count). The molecule has 1 aliphatic heterocycles. The summed E-state index contributed by atoms with van der Waals surface area (Å²) in [5.74, 6) is 0.831. The van der Waals surface area contributed by atoms with Gasteiger partial charge in [0.15, 0.2) is 0 Å². The molecular formula is C13H18ClNO2. The van der Waals surface area contributed by atoms with Crippen LogP contribution in [0.15, 0.2) is 6.07 Å². The summed E-state index contributed by atoms with van der Waals surface area (Å²) < 4.78 is 5.19. The van der Waals surface area contributed by atoms with E-state index in [9.17, 15) is 5.11 Å². The van der Waals surface area contributed by atoms with Crippen LogP contribution in [0.4, 0.5) is 0 Å². The Hall–Kier alpha value is -0.930. The van der Waals surface area contributed by atoms with Crippen LogP contribution in [0.3, 0.4) is 0 Å². The standard InChI is InChI=1S/C13H18ClNO2/c1-8-11(16)9(7-10(14)12(8)17-3)13(2)5-4-6-15-13/h7,15-16H,4-6H2,1-3H3. The minimum absolute atomic E-state index is 0.190. The van der Waals surface area contributed by atoms with Gasteiger partial charge >= 0.3 is 0 Å². The predicted octanol–water partition coefficient (Wildman–Crippen LogP) is 2.96. The smallest absolute Gasteiger partial charge is 0.144 e. The molecule has 1 heterocycles. The van der Waals surface area contributed by atoms with Crippen LogP contribution in [0.1, 0.15) is 30.9 Å². The molecule has 4 heteroatoms. The van der Waals surface area contributed by atoms with Crippen LogP contribution in [0.25, 0.3) is 0 Å². The monoisotopic (exact) mass is 255 g/mol. The SMILES string of the molecule is COc1c(Cl)cc(C2(C)CCCN2)c(O)c1C. The maximum Gasteiger partial charge on any atom is 0.144 e. The van der Waals surface area contributed by atoms with E-state index in [2.05, 4.69) is 12.2 Å². The minimum atomic E-state index is -0.190. The first-order valence-electron chi connectivity index (χ1n) is 5.81. The minimum Gasteiger partial charge on any atom is -0.507 e. The van der Waals surface area contributed by atoms with Gasteiger partial charge in [0.2, 0.25) is 0 Å². The zero-order valence-corrected chi connectivity index (χ0v) is 11.2. The number of phenols is 1. The number of benzene rings is 1. The highest BCUT2D eigenvalue weighted by Gasteiger charge is 2.34. The predicted molar refractivity (Wildman–Crippen MR) is 69.0 cm³/mol. The van der Waals surface area contributed by atoms with Crippen LogP contribution in [0.2, 0.25) is 5.02 Å². The van der Waals surface area contributed by atoms with Crippen LogP contribution in [-0.4, -0.2) is 18.8 Å². The Balaban J connectivity index is 2.56. The molecule has 0 aromatic heterocycles. The second-order valence-electron chi connectivity index (χ2n) is 4.78. The van der Waals surface area contributed by atoms with E-state index < -0.39 is 0 Å². The van der Waals surface area contributed by atoms with Gasteiger partial charge in [-0.15, -0.1) is 0 Å². The van der Waals surface area contributed by atoms with Crippen LogP contribution < -0.4 is 10.1 Å². The van der Waals surface area contributed by atoms with Crippen molar-refractivity contribution in [3.8, 4) is 11.5 Å². The van der Waals surface area contributed by atoms with Gasteiger partial charge in [-0.05, 0) is 39.3 Å². The number of nitrogens with one attached hydrogen (secondary N) is 1. The van der Waals surface area contributed by atoms with Crippen molar-refractivity contribution in [2.24, 2.45) is 0 Å². The fourth-order valence-corrected chi connectivity index (χ4v) is 2.87. The lowest BCUT2D eigenvalue weighted by Gasteiger charge is -2.27. The molecule has 1 saturated heterocycles. The van der Waals surface area contributed by atoms with E-state index in [0.29, 0.717) is 16.3 Å². The molecule has 0 amide bonds. The lowest BCUT2D eigenvalue weighted by Crippen LogP contribution is -2.33. The number of hydrogen-bond donors (Lipinski definition) is 2. The Morgan fingerprint density at radius 1 is 1.53 bits per heavy atom. The summed E-state index contributed by atoms with van der Waals surface area (Å²) in [6, 6.07) is 1.81. The summed E-state index contributed by atoms with van der Waals surface area (Å²) in [6.07, 6.45) is 2.11. The van der Waals surface area contributed by atoms with Gasteiger partial charge in [0.1, 0.15) is 11.5 Å². The summed E-state index contributed by atoms with van der Waals surface area (Å²) in [7, 11) is 1.56. The molecule has 1 atom stereocenters. The molecule has 0 saturated carbocycles. The zero-order valence-electron chi connectivity index (χ0n) is 10.4. The molecule has 17 heavy (non-hydrogen) atoms. The number of methoxy groups -OCH3 is 1. The van der Waals surface area contributed by atoms with Gasteiger partial charge in [0.25, 0.3) is 0 Å². The summed E-state index contributed by atoms with van der Waals surface area (Å²) in [6.45, 7) is 4.89. The van der Waals surface area contributed by atoms with E-state index in [4.69, 9.17) is 16.3 Å². The molecule has 1 fully saturated rings. The Morgan fingerprint density at radius 3 is 2.76 bits per heavy atom. The van der Waals surface area contributed by atoms with Crippen LogP contribution in [0.5, 0.6) is 11.5 Å². The second-order valence-corrected chi connectivity index (χ2v) is 5.18. The van der Waals surface area contributed by atoms with Gasteiger partial charge in [-0.1, -0.05) is 11.6 Å². The summed E-state index contributed by atoms with van der Waals surface area (Å²) in [4.78, 5) is 0. The maximum atomic E-state index is 10.3. The number of rotatable bonds is 2. The van der Waals surface area contributed by atoms with Crippen molar-refractivity contribution in [1.29, 1.82) is 0 Å². The van der Waals surface area contributed by atoms with Gasteiger partial charge in [-0.25, -0.2) is 0 Å². The summed E-state index contributed by atoms with van der Waals surface area (Å²) in [5.41, 5.74) is 1.37. The van der Waals surface area contributed by atoms with E-state index in [1.54, 1.807) is 13.2 Å². The van der Waals surface area contributed by atoms with Crippen molar-refractivity contribution >= 4 is 11.6 Å². The van der Waals surface area contributed by atoms with E-state index in [1.807, 2.05) is 6.92 Å². The average molecular weight is 256 g/mol. The van der Waals surface area contributed by atoms with Crippen molar-refractivity contribution in [3.05, 3.63) is 22.2 Å². The van der Waals surface area contributed by atoms with Crippen molar-refractivity contribution in [2.45, 2.75) is 32.2 Å². The zero-order chi connectivity index (χ0) is 12.6. The number of aromatic hydroxyl groups is 1. The van der Waals surface area contributed by atoms with E-state index in [1.165, 1.54) is 0 Å². The molecule has 0 radical (unpaired) electrons. The first-order chi connectivity index (χ1) is 7.99. The van der Waals surface area contributed by atoms with E-state index in [-0.39, 0.29) is 11.3 Å². The fraction of sp³-hybridized carbons (Fsp3) is 0.538. The molecule has 1 aliphatic rings. The average Bonchev–Trinajstić information content (AvgIpc) is 2.72. The number of hydrogen-bond acceptors (Lipinski definition) is 3. The van der Waals surface area contributed by atoms with E-state index >= 15 is 0 Å². The highest BCUT2D eigenvalue weighted by molar-refractivity contribution is 6.32. The number of halogens is 1. The molecule has 0 bridgehead atoms. The first-order valence-corrected chi connectivity index (χ1v) is 6.19. The molecule has 1 unspecified atom stereocenters. The van der Waals surface area contributed by atoms with Crippen LogP contribution >= 0.6 is 11.6 Å². The lowest BCUT2D eigenvalue weighted by molar-refractivity contribution is 0.378. The maximum absolute atomic E-state index is 10.3. The van der Waals surface area contributed by atoms with Crippen LogP contribution in [-0.2, 0) is 5.54 Å². The second kappa shape index (κ2) is 4.39. The molecule has 2 N–H and O–H groups in total. The van der Waals surface area contributed by atoms with Crippen molar-refractivity contribution in [3.63, 3.8) is 0 Å². The van der Waals surface area contributed by atoms with Gasteiger partial charge in [-0.3, -0.25) is 0 Å². The number of phenolic OH excluding ortho intramolecular Hbond substituents is 1. The van der Waals surface area contributed by atoms with Crippen LogP contribution in [0, 0.1) is 6.92 Å². The van der Waals surface area contributed by atoms with Gasteiger partial charge in [-0.2, -0.15) is 0 Å². The molecular weight excluding hydrogens is 238 g/mol. The first kappa shape index (κ1) is 12.5. The molecule has 0 aliphatic carbocycles. The molecule has 94 valence electrons. The third-order valence-electron chi connectivity index (χ3n) is 3.61. The largest absolute Gasteiger partial charge is 0.507 e. The molecule has 1 aromatic carbocycles. The van der Waals surface area contributed by atoms with Gasteiger partial charge in [0.05, 0.1) is 12.1 Å². The molecule has 0 spiro atoms. The Labute approximate surface area is 107 Å². The topological polar surface area (TPSA) is 41.5 Å². The van der Waals surface area contributed by atoms with Gasteiger partial charge in [0, 0.05) is 16.7 Å². The summed E-state index contributed by atoms with van der Waals surface area (Å²) in [5, 5.41) is 14.3. The molecule has 3 nitrogen and oxygen atoms in total. The Bertz CT molecular complexity index is 440. The third kappa shape index (κ3) is 1.98. The quantitative estimate of drug-likeness (QED) is 0.854. The highest BCUT2D eigenvalue weighted by atomic mass is 35.5. The number of ether oxygens (including phenoxy) is 1. The van der Waals surface area contributed by atoms with Crippen molar-refractivity contribution < 1.29 is 9.84 Å². The Kier molecular flexibility index (Phi) is 3.23. The lowest BCUT2D eigenvalue weighted by atomic mass is 9.88. The normalized spacial score (nSPS) is 24.0. The third-order valence-corrected chi connectivity index (χ3v) is 3.89. The van der Waals surface area contributed by atoms with Crippen molar-refractivity contribution in [1.82, 2.24) is 5.32 Å². The van der Waals surface area contributed by atoms with Gasteiger partial charge < -0.3 is 15.2 Å². The highest BCUT2D eigenvalue weighted by Crippen LogP contribution is 2.43. The Morgan fingerprint density at radius 2 is 2.24 bits per heavy atom.